The minimum absolute atomic E-state index is 0.00429. The predicted molar refractivity (Wildman–Crippen MR) is 106 cm³/mol. The van der Waals surface area contributed by atoms with Gasteiger partial charge in [-0.3, -0.25) is 4.79 Å². The average Bonchev–Trinajstić information content (AvgIpc) is 2.46. The highest BCUT2D eigenvalue weighted by molar-refractivity contribution is 8.14. The Balaban J connectivity index is 2.44. The smallest absolute Gasteiger partial charge is 0.249 e. The van der Waals surface area contributed by atoms with E-state index in [1.165, 1.54) is 5.56 Å². The number of benzene rings is 1. The number of carbonyl (C=O) groups is 1. The summed E-state index contributed by atoms with van der Waals surface area (Å²) in [6.07, 6.45) is 0.524. The van der Waals surface area contributed by atoms with Gasteiger partial charge in [-0.15, -0.1) is 0 Å². The van der Waals surface area contributed by atoms with E-state index in [9.17, 15) is 4.79 Å². The molecule has 0 spiro atoms. The summed E-state index contributed by atoms with van der Waals surface area (Å²) in [5.74, 6) is -0.00429. The van der Waals surface area contributed by atoms with Crippen molar-refractivity contribution in [3.63, 3.8) is 0 Å². The van der Waals surface area contributed by atoms with Crippen molar-refractivity contribution in [2.45, 2.75) is 65.6 Å². The van der Waals surface area contributed by atoms with Crippen molar-refractivity contribution < 1.29 is 4.79 Å². The molecule has 0 saturated heterocycles. The van der Waals surface area contributed by atoms with E-state index in [0.29, 0.717) is 6.42 Å². The van der Waals surface area contributed by atoms with E-state index < -0.39 is 0 Å². The molecule has 4 heteroatoms. The van der Waals surface area contributed by atoms with Gasteiger partial charge in [0.2, 0.25) is 5.91 Å². The Labute approximate surface area is 150 Å². The third-order valence-electron chi connectivity index (χ3n) is 4.34. The highest BCUT2D eigenvalue weighted by Crippen LogP contribution is 2.40. The molecule has 1 aromatic carbocycles. The lowest BCUT2D eigenvalue weighted by Gasteiger charge is -2.37. The fraction of sp³-hybridized carbons (Fsp3) is 0.600. The quantitative estimate of drug-likeness (QED) is 0.733. The zero-order valence-corrected chi connectivity index (χ0v) is 16.8. The number of anilines is 1. The van der Waals surface area contributed by atoms with Gasteiger partial charge in [-0.05, 0) is 29.4 Å². The zero-order chi connectivity index (χ0) is 18.1. The topological polar surface area (TPSA) is 32.7 Å². The number of amides is 1. The molecule has 1 unspecified atom stereocenters. The van der Waals surface area contributed by atoms with Crippen LogP contribution in [0.1, 0.15) is 60.5 Å². The molecular formula is C20H30N2OS. The molecule has 3 nitrogen and oxygen atoms in total. The summed E-state index contributed by atoms with van der Waals surface area (Å²) < 4.78 is 0. The standard InChI is InChI=1S/C20H30N2OS/c1-8-22(15-12-10-9-11-14(15)19(2,3)4)18-21-17(23)13-16(24-18)20(5,6)7/h9-12,16H,8,13H2,1-7H3. The normalized spacial score (nSPS) is 19.2. The van der Waals surface area contributed by atoms with Gasteiger partial charge in [-0.25, -0.2) is 0 Å². The van der Waals surface area contributed by atoms with E-state index >= 15 is 0 Å². The van der Waals surface area contributed by atoms with E-state index in [0.717, 1.165) is 17.4 Å². The lowest BCUT2D eigenvalue weighted by molar-refractivity contribution is -0.118. The summed E-state index contributed by atoms with van der Waals surface area (Å²) >= 11 is 1.74. The Kier molecular flexibility index (Phi) is 5.48. The van der Waals surface area contributed by atoms with Crippen molar-refractivity contribution in [1.82, 2.24) is 0 Å². The molecule has 0 N–H and O–H groups in total. The van der Waals surface area contributed by atoms with Gasteiger partial charge in [0.25, 0.3) is 0 Å². The number of nitrogens with zero attached hydrogens (tertiary/aromatic N) is 2. The Morgan fingerprint density at radius 2 is 1.79 bits per heavy atom. The molecule has 1 aliphatic heterocycles. The lowest BCUT2D eigenvalue weighted by Crippen LogP contribution is -2.38. The molecular weight excluding hydrogens is 316 g/mol. The summed E-state index contributed by atoms with van der Waals surface area (Å²) in [6, 6.07) is 8.45. The second kappa shape index (κ2) is 6.91. The lowest BCUT2D eigenvalue weighted by atomic mass is 9.85. The number of thioether (sulfide) groups is 1. The highest BCUT2D eigenvalue weighted by atomic mass is 32.2. The molecule has 1 heterocycles. The maximum absolute atomic E-state index is 12.2. The van der Waals surface area contributed by atoms with Crippen molar-refractivity contribution in [3.05, 3.63) is 29.8 Å². The van der Waals surface area contributed by atoms with Gasteiger partial charge in [0.05, 0.1) is 0 Å². The number of carbonyl (C=O) groups excluding carboxylic acids is 1. The van der Waals surface area contributed by atoms with Gasteiger partial charge in [0, 0.05) is 23.9 Å². The molecule has 0 saturated carbocycles. The van der Waals surface area contributed by atoms with Crippen LogP contribution < -0.4 is 4.90 Å². The maximum atomic E-state index is 12.2. The predicted octanol–water partition coefficient (Wildman–Crippen LogP) is 5.24. The largest absolute Gasteiger partial charge is 0.321 e. The third-order valence-corrected chi connectivity index (χ3v) is 6.02. The Morgan fingerprint density at radius 3 is 2.33 bits per heavy atom. The molecule has 1 aromatic rings. The highest BCUT2D eigenvalue weighted by Gasteiger charge is 2.35. The minimum atomic E-state index is -0.00429. The van der Waals surface area contributed by atoms with Crippen molar-refractivity contribution in [2.75, 3.05) is 11.4 Å². The van der Waals surface area contributed by atoms with E-state index in [-0.39, 0.29) is 22.0 Å². The molecule has 0 bridgehead atoms. The first-order valence-corrected chi connectivity index (χ1v) is 9.57. The first-order chi connectivity index (χ1) is 11.0. The summed E-state index contributed by atoms with van der Waals surface area (Å²) in [4.78, 5) is 18.8. The van der Waals surface area contributed by atoms with E-state index in [2.05, 4.69) is 82.6 Å². The van der Waals surface area contributed by atoms with Crippen LogP contribution in [0.2, 0.25) is 0 Å². The number of hydrogen-bond donors (Lipinski definition) is 0. The van der Waals surface area contributed by atoms with Crippen LogP contribution in [0, 0.1) is 5.41 Å². The molecule has 1 atom stereocenters. The molecule has 0 radical (unpaired) electrons. The second-order valence-corrected chi connectivity index (χ2v) is 9.65. The van der Waals surface area contributed by atoms with Crippen LogP contribution in [0.3, 0.4) is 0 Å². The maximum Gasteiger partial charge on any atom is 0.249 e. The van der Waals surface area contributed by atoms with Crippen molar-refractivity contribution >= 4 is 28.5 Å². The summed E-state index contributed by atoms with van der Waals surface area (Å²) in [5.41, 5.74) is 2.54. The molecule has 2 rings (SSSR count). The molecule has 24 heavy (non-hydrogen) atoms. The number of para-hydroxylation sites is 1. The van der Waals surface area contributed by atoms with Crippen LogP contribution in [0.25, 0.3) is 0 Å². The zero-order valence-electron chi connectivity index (χ0n) is 16.0. The first kappa shape index (κ1) is 19.0. The number of hydrogen-bond acceptors (Lipinski definition) is 3. The Bertz CT molecular complexity index is 638. The minimum Gasteiger partial charge on any atom is -0.321 e. The van der Waals surface area contributed by atoms with Crippen LogP contribution >= 0.6 is 11.8 Å². The Hall–Kier alpha value is -1.29. The van der Waals surface area contributed by atoms with Crippen molar-refractivity contribution in [1.29, 1.82) is 0 Å². The van der Waals surface area contributed by atoms with Crippen LogP contribution in [-0.2, 0) is 10.2 Å². The van der Waals surface area contributed by atoms with Crippen molar-refractivity contribution in [2.24, 2.45) is 10.4 Å². The number of aliphatic imine (C=N–C) groups is 1. The average molecular weight is 347 g/mol. The molecule has 0 aliphatic carbocycles. The second-order valence-electron chi connectivity index (χ2n) is 8.48. The van der Waals surface area contributed by atoms with Crippen LogP contribution in [0.15, 0.2) is 29.3 Å². The fourth-order valence-electron chi connectivity index (χ4n) is 2.86. The summed E-state index contributed by atoms with van der Waals surface area (Å²) in [7, 11) is 0. The molecule has 1 amide bonds. The van der Waals surface area contributed by atoms with Gasteiger partial charge in [0.15, 0.2) is 5.17 Å². The van der Waals surface area contributed by atoms with Gasteiger partial charge in [0.1, 0.15) is 0 Å². The number of amidine groups is 1. The first-order valence-electron chi connectivity index (χ1n) is 8.69. The fourth-order valence-corrected chi connectivity index (χ4v) is 4.21. The molecule has 132 valence electrons. The Morgan fingerprint density at radius 1 is 1.17 bits per heavy atom. The van der Waals surface area contributed by atoms with E-state index in [1.807, 2.05) is 0 Å². The van der Waals surface area contributed by atoms with Gasteiger partial charge in [-0.2, -0.15) is 4.99 Å². The summed E-state index contributed by atoms with van der Waals surface area (Å²) in [6.45, 7) is 16.2. The van der Waals surface area contributed by atoms with Crippen LogP contribution in [0.4, 0.5) is 5.69 Å². The molecule has 1 aliphatic rings. The van der Waals surface area contributed by atoms with Gasteiger partial charge in [-0.1, -0.05) is 71.5 Å². The monoisotopic (exact) mass is 346 g/mol. The van der Waals surface area contributed by atoms with Gasteiger partial charge < -0.3 is 4.90 Å². The van der Waals surface area contributed by atoms with Gasteiger partial charge >= 0.3 is 0 Å². The van der Waals surface area contributed by atoms with E-state index in [4.69, 9.17) is 0 Å². The van der Waals surface area contributed by atoms with Crippen LogP contribution in [-0.4, -0.2) is 22.9 Å². The number of rotatable bonds is 2. The molecule has 0 fully saturated rings. The third kappa shape index (κ3) is 4.21. The van der Waals surface area contributed by atoms with E-state index in [1.54, 1.807) is 11.8 Å². The summed E-state index contributed by atoms with van der Waals surface area (Å²) in [5, 5.41) is 1.10. The SMILES string of the molecule is CCN(C1=NC(=O)CC(C(C)(C)C)S1)c1ccccc1C(C)(C)C. The van der Waals surface area contributed by atoms with Crippen molar-refractivity contribution in [3.8, 4) is 0 Å². The van der Waals surface area contributed by atoms with Crippen LogP contribution in [0.5, 0.6) is 0 Å². The molecule has 0 aromatic heterocycles.